The average Bonchev–Trinajstić information content (AvgIpc) is 3.06. The molecule has 0 amide bonds. The Morgan fingerprint density at radius 3 is 2.46 bits per heavy atom. The third kappa shape index (κ3) is 2.94. The second-order valence-electron chi connectivity index (χ2n) is 9.02. The van der Waals surface area contributed by atoms with Crippen LogP contribution in [0.4, 0.5) is 0 Å². The van der Waals surface area contributed by atoms with E-state index < -0.39 is 0 Å². The molecule has 5 aliphatic rings. The highest BCUT2D eigenvalue weighted by Crippen LogP contribution is 2.61. The Kier molecular flexibility index (Phi) is 4.03. The molecule has 1 unspecified atom stereocenters. The lowest BCUT2D eigenvalue weighted by Gasteiger charge is -2.59. The number of ether oxygens (including phenoxy) is 2. The van der Waals surface area contributed by atoms with Gasteiger partial charge in [-0.05, 0) is 98.5 Å². The van der Waals surface area contributed by atoms with Crippen molar-refractivity contribution >= 4 is 17.3 Å². The van der Waals surface area contributed by atoms with Crippen LogP contribution in [-0.2, 0) is 6.54 Å². The highest BCUT2D eigenvalue weighted by Gasteiger charge is 2.53. The van der Waals surface area contributed by atoms with Crippen LogP contribution in [0.3, 0.4) is 0 Å². The zero-order valence-corrected chi connectivity index (χ0v) is 16.2. The number of thiocarbonyl (C=S) groups is 1. The first-order chi connectivity index (χ1) is 12.6. The normalized spacial score (nSPS) is 34.6. The summed E-state index contributed by atoms with van der Waals surface area (Å²) >= 11 is 5.61. The maximum absolute atomic E-state index is 5.61. The Balaban J connectivity index is 1.18. The summed E-state index contributed by atoms with van der Waals surface area (Å²) in [4.78, 5) is 0. The summed E-state index contributed by atoms with van der Waals surface area (Å²) in [6.07, 6.45) is 8.66. The fraction of sp³-hybridized carbons (Fsp3) is 0.667. The van der Waals surface area contributed by atoms with Gasteiger partial charge in [0.05, 0.1) is 0 Å². The molecule has 140 valence electrons. The summed E-state index contributed by atoms with van der Waals surface area (Å²) in [7, 11) is 0. The molecule has 26 heavy (non-hydrogen) atoms. The Labute approximate surface area is 161 Å². The second kappa shape index (κ2) is 6.29. The van der Waals surface area contributed by atoms with Gasteiger partial charge in [0, 0.05) is 12.6 Å². The van der Waals surface area contributed by atoms with Crippen LogP contribution in [0, 0.1) is 23.2 Å². The van der Waals surface area contributed by atoms with Crippen molar-refractivity contribution in [3.8, 4) is 11.5 Å². The van der Waals surface area contributed by atoms with Crippen molar-refractivity contribution in [2.75, 3.05) is 6.79 Å². The third-order valence-corrected chi connectivity index (χ3v) is 7.50. The number of hydrogen-bond acceptors (Lipinski definition) is 3. The van der Waals surface area contributed by atoms with Crippen LogP contribution in [0.25, 0.3) is 0 Å². The van der Waals surface area contributed by atoms with Crippen molar-refractivity contribution in [1.82, 2.24) is 10.6 Å². The van der Waals surface area contributed by atoms with Gasteiger partial charge in [0.2, 0.25) is 6.79 Å². The minimum Gasteiger partial charge on any atom is -0.454 e. The maximum atomic E-state index is 5.61. The Morgan fingerprint density at radius 1 is 1.12 bits per heavy atom. The van der Waals surface area contributed by atoms with E-state index in [0.29, 0.717) is 24.8 Å². The molecule has 1 aliphatic heterocycles. The number of benzene rings is 1. The van der Waals surface area contributed by atoms with E-state index >= 15 is 0 Å². The molecule has 1 aromatic rings. The minimum absolute atomic E-state index is 0.314. The van der Waals surface area contributed by atoms with Crippen molar-refractivity contribution in [3.63, 3.8) is 0 Å². The van der Waals surface area contributed by atoms with Crippen LogP contribution >= 0.6 is 12.2 Å². The Hall–Kier alpha value is -1.49. The van der Waals surface area contributed by atoms with E-state index in [9.17, 15) is 0 Å². The first-order valence-electron chi connectivity index (χ1n) is 10.0. The Bertz CT molecular complexity index is 685. The molecule has 5 heteroatoms. The molecule has 2 N–H and O–H groups in total. The van der Waals surface area contributed by atoms with Gasteiger partial charge < -0.3 is 20.1 Å². The molecule has 0 saturated heterocycles. The van der Waals surface area contributed by atoms with Gasteiger partial charge in [-0.25, -0.2) is 0 Å². The van der Waals surface area contributed by atoms with E-state index in [1.54, 1.807) is 0 Å². The topological polar surface area (TPSA) is 42.5 Å². The molecule has 4 aliphatic carbocycles. The van der Waals surface area contributed by atoms with Gasteiger partial charge in [-0.15, -0.1) is 0 Å². The van der Waals surface area contributed by atoms with Gasteiger partial charge in [-0.2, -0.15) is 0 Å². The lowest BCUT2D eigenvalue weighted by molar-refractivity contribution is -0.0672. The van der Waals surface area contributed by atoms with E-state index in [0.717, 1.165) is 39.9 Å². The smallest absolute Gasteiger partial charge is 0.231 e. The van der Waals surface area contributed by atoms with Gasteiger partial charge in [-0.1, -0.05) is 6.07 Å². The van der Waals surface area contributed by atoms with Crippen LogP contribution in [0.1, 0.15) is 51.0 Å². The highest BCUT2D eigenvalue weighted by molar-refractivity contribution is 7.80. The number of fused-ring (bicyclic) bond motifs is 1. The van der Waals surface area contributed by atoms with E-state index in [1.807, 2.05) is 12.1 Å². The molecule has 1 aromatic carbocycles. The molecule has 4 saturated carbocycles. The summed E-state index contributed by atoms with van der Waals surface area (Å²) in [6, 6.07) is 6.51. The minimum atomic E-state index is 0.314. The summed E-state index contributed by atoms with van der Waals surface area (Å²) < 4.78 is 10.8. The predicted octanol–water partition coefficient (Wildman–Crippen LogP) is 3.98. The first-order valence-corrected chi connectivity index (χ1v) is 10.4. The molecule has 4 bridgehead atoms. The summed E-state index contributed by atoms with van der Waals surface area (Å²) in [5.41, 5.74) is 1.63. The van der Waals surface area contributed by atoms with Crippen LogP contribution in [0.15, 0.2) is 18.2 Å². The second-order valence-corrected chi connectivity index (χ2v) is 9.42. The monoisotopic (exact) mass is 372 g/mol. The molecule has 0 spiro atoms. The summed E-state index contributed by atoms with van der Waals surface area (Å²) in [5, 5.41) is 7.77. The van der Waals surface area contributed by atoms with Crippen LogP contribution < -0.4 is 20.1 Å². The number of hydrogen-bond donors (Lipinski definition) is 2. The summed E-state index contributed by atoms with van der Waals surface area (Å²) in [5.74, 6) is 4.57. The zero-order chi connectivity index (χ0) is 17.7. The van der Waals surface area contributed by atoms with Crippen LogP contribution in [0.2, 0.25) is 0 Å². The predicted molar refractivity (Wildman–Crippen MR) is 105 cm³/mol. The van der Waals surface area contributed by atoms with Crippen molar-refractivity contribution in [3.05, 3.63) is 23.8 Å². The molecular formula is C21H28N2O2S. The lowest BCUT2D eigenvalue weighted by Crippen LogP contribution is -2.57. The standard InChI is InChI=1S/C21H28N2O2S/c1-13(21-8-15-4-16(9-21)6-17(5-15)10-21)23-20(26)22-11-14-2-3-18-19(7-14)25-12-24-18/h2-3,7,13,15-17H,4-6,8-12H2,1H3,(H2,22,23,26). The van der Waals surface area contributed by atoms with Crippen molar-refractivity contribution in [2.24, 2.45) is 23.2 Å². The lowest BCUT2D eigenvalue weighted by atomic mass is 9.48. The fourth-order valence-electron chi connectivity index (χ4n) is 6.34. The van der Waals surface area contributed by atoms with E-state index in [2.05, 4.69) is 23.6 Å². The summed E-state index contributed by atoms with van der Waals surface area (Å²) in [6.45, 7) is 3.37. The number of nitrogens with one attached hydrogen (secondary N) is 2. The van der Waals surface area contributed by atoms with Gasteiger partial charge in [0.25, 0.3) is 0 Å². The van der Waals surface area contributed by atoms with Gasteiger partial charge >= 0.3 is 0 Å². The van der Waals surface area contributed by atoms with Crippen LogP contribution in [-0.4, -0.2) is 17.9 Å². The zero-order valence-electron chi connectivity index (χ0n) is 15.4. The van der Waals surface area contributed by atoms with Crippen LogP contribution in [0.5, 0.6) is 11.5 Å². The van der Waals surface area contributed by atoms with Crippen molar-refractivity contribution in [2.45, 2.75) is 58.0 Å². The molecule has 1 atom stereocenters. The quantitative estimate of drug-likeness (QED) is 0.783. The molecule has 0 aromatic heterocycles. The molecule has 6 rings (SSSR count). The molecule has 1 heterocycles. The van der Waals surface area contributed by atoms with E-state index in [4.69, 9.17) is 21.7 Å². The average molecular weight is 373 g/mol. The van der Waals surface area contributed by atoms with E-state index in [-0.39, 0.29) is 0 Å². The van der Waals surface area contributed by atoms with Gasteiger partial charge in [0.1, 0.15) is 0 Å². The molecular weight excluding hydrogens is 344 g/mol. The third-order valence-electron chi connectivity index (χ3n) is 7.24. The van der Waals surface area contributed by atoms with Gasteiger partial charge in [0.15, 0.2) is 16.6 Å². The van der Waals surface area contributed by atoms with Crippen molar-refractivity contribution in [1.29, 1.82) is 0 Å². The molecule has 4 nitrogen and oxygen atoms in total. The van der Waals surface area contributed by atoms with Gasteiger partial charge in [-0.3, -0.25) is 0 Å². The SMILES string of the molecule is CC(NC(=S)NCc1ccc2c(c1)OCO2)C12CC3CC(CC(C3)C1)C2. The fourth-order valence-corrected chi connectivity index (χ4v) is 6.59. The van der Waals surface area contributed by atoms with E-state index in [1.165, 1.54) is 38.5 Å². The largest absolute Gasteiger partial charge is 0.454 e. The highest BCUT2D eigenvalue weighted by atomic mass is 32.1. The van der Waals surface area contributed by atoms with Crippen molar-refractivity contribution < 1.29 is 9.47 Å². The number of rotatable bonds is 4. The Morgan fingerprint density at radius 2 is 1.77 bits per heavy atom. The first kappa shape index (κ1) is 16.7. The molecule has 0 radical (unpaired) electrons. The maximum Gasteiger partial charge on any atom is 0.231 e. The molecule has 4 fully saturated rings.